The van der Waals surface area contributed by atoms with E-state index in [4.69, 9.17) is 32.9 Å². The van der Waals surface area contributed by atoms with Crippen LogP contribution in [0, 0.1) is 12.4 Å². The molecule has 45 heavy (non-hydrogen) atoms. The molecule has 3 aromatic rings. The number of alkyl halides is 1. The Labute approximate surface area is 264 Å². The second-order valence-corrected chi connectivity index (χ2v) is 12.4. The molecule has 1 unspecified atom stereocenters. The van der Waals surface area contributed by atoms with Crippen LogP contribution in [0.2, 0.25) is 5.02 Å². The van der Waals surface area contributed by atoms with E-state index in [0.717, 1.165) is 16.6 Å². The highest BCUT2D eigenvalue weighted by atomic mass is 35.5. The summed E-state index contributed by atoms with van der Waals surface area (Å²) < 4.78 is 48.8. The zero-order chi connectivity index (χ0) is 31.9. The van der Waals surface area contributed by atoms with Crippen molar-refractivity contribution in [3.63, 3.8) is 0 Å². The molecule has 0 radical (unpaired) electrons. The molecule has 1 amide bonds. The lowest BCUT2D eigenvalue weighted by molar-refractivity contribution is -0.131. The number of nitrogens with one attached hydrogen (secondary N) is 1. The number of halogens is 4. The van der Waals surface area contributed by atoms with Gasteiger partial charge >= 0.3 is 6.01 Å². The van der Waals surface area contributed by atoms with Crippen molar-refractivity contribution < 1.29 is 22.7 Å². The van der Waals surface area contributed by atoms with Crippen LogP contribution in [0.25, 0.3) is 15.6 Å². The minimum Gasteiger partial charge on any atom is -0.462 e. The molecule has 6 rings (SSSR count). The van der Waals surface area contributed by atoms with Gasteiger partial charge in [-0.05, 0) is 30.9 Å². The normalized spacial score (nSPS) is 23.2. The summed E-state index contributed by atoms with van der Waals surface area (Å²) in [6.45, 7) is 14.2. The monoisotopic (exact) mass is 639 g/mol. The summed E-state index contributed by atoms with van der Waals surface area (Å²) in [5, 5.41) is 4.62. The molecule has 0 bridgehead atoms. The maximum Gasteiger partial charge on any atom is 0.318 e. The Morgan fingerprint density at radius 1 is 1.24 bits per heavy atom. The summed E-state index contributed by atoms with van der Waals surface area (Å²) in [7, 11) is 0. The predicted molar refractivity (Wildman–Crippen MR) is 167 cm³/mol. The van der Waals surface area contributed by atoms with Gasteiger partial charge in [0.2, 0.25) is 6.54 Å². The van der Waals surface area contributed by atoms with Gasteiger partial charge in [-0.1, -0.05) is 36.4 Å². The highest BCUT2D eigenvalue weighted by Crippen LogP contribution is 2.38. The summed E-state index contributed by atoms with van der Waals surface area (Å²) in [6, 6.07) is 8.09. The molecule has 2 fully saturated rings. The van der Waals surface area contributed by atoms with E-state index in [2.05, 4.69) is 21.6 Å². The maximum atomic E-state index is 14.5. The first-order valence-electron chi connectivity index (χ1n) is 14.8. The third-order valence-corrected chi connectivity index (χ3v) is 9.07. The van der Waals surface area contributed by atoms with Crippen LogP contribution in [-0.2, 0) is 17.8 Å². The molecule has 0 aliphatic carbocycles. The number of hydrogen-bond donors (Lipinski definition) is 1. The number of amides is 1. The zero-order valence-corrected chi connectivity index (χ0v) is 25.6. The fourth-order valence-electron chi connectivity index (χ4n) is 6.52. The molecule has 1 aromatic heterocycles. The van der Waals surface area contributed by atoms with Crippen molar-refractivity contribution in [2.24, 2.45) is 0 Å². The first-order valence-corrected chi connectivity index (χ1v) is 15.2. The third-order valence-electron chi connectivity index (χ3n) is 8.70. The van der Waals surface area contributed by atoms with E-state index in [0.29, 0.717) is 49.4 Å². The largest absolute Gasteiger partial charge is 0.462 e. The fourth-order valence-corrected chi connectivity index (χ4v) is 6.78. The number of piperazine rings is 1. The minimum absolute atomic E-state index is 0.00627. The van der Waals surface area contributed by atoms with Crippen LogP contribution in [-0.4, -0.2) is 84.4 Å². The van der Waals surface area contributed by atoms with Gasteiger partial charge in [0.25, 0.3) is 5.91 Å². The van der Waals surface area contributed by atoms with Crippen molar-refractivity contribution in [3.8, 4) is 6.01 Å². The topological polar surface area (TPSA) is 78.2 Å². The Morgan fingerprint density at radius 2 is 2.07 bits per heavy atom. The lowest BCUT2D eigenvalue weighted by Crippen LogP contribution is -2.57. The second-order valence-electron chi connectivity index (χ2n) is 12.0. The molecule has 13 heteroatoms. The highest BCUT2D eigenvalue weighted by molar-refractivity contribution is 6.36. The Balaban J connectivity index is 1.34. The lowest BCUT2D eigenvalue weighted by Gasteiger charge is -2.41. The average molecular weight is 640 g/mol. The van der Waals surface area contributed by atoms with Crippen molar-refractivity contribution in [3.05, 3.63) is 76.3 Å². The average Bonchev–Trinajstić information content (AvgIpc) is 3.38. The van der Waals surface area contributed by atoms with E-state index in [1.807, 2.05) is 23.1 Å². The van der Waals surface area contributed by atoms with Crippen LogP contribution in [0.5, 0.6) is 6.01 Å². The summed E-state index contributed by atoms with van der Waals surface area (Å²) in [5.41, 5.74) is 1.05. The number of benzene rings is 2. The van der Waals surface area contributed by atoms with E-state index in [9.17, 15) is 18.0 Å². The van der Waals surface area contributed by atoms with E-state index < -0.39 is 29.3 Å². The molecule has 9 nitrogen and oxygen atoms in total. The summed E-state index contributed by atoms with van der Waals surface area (Å²) in [6.07, 6.45) is 0.845. The number of rotatable bonds is 7. The van der Waals surface area contributed by atoms with Crippen LogP contribution >= 0.6 is 11.6 Å². The van der Waals surface area contributed by atoms with Crippen LogP contribution in [0.3, 0.4) is 0 Å². The number of ether oxygens (including phenoxy) is 1. The number of anilines is 2. The molecule has 3 aliphatic rings. The number of fused-ring (bicyclic) bond motifs is 2. The van der Waals surface area contributed by atoms with Gasteiger partial charge < -0.3 is 29.6 Å². The Kier molecular flexibility index (Phi) is 8.50. The van der Waals surface area contributed by atoms with Crippen molar-refractivity contribution in [1.29, 1.82) is 0 Å². The molecule has 2 aromatic carbocycles. The minimum atomic E-state index is -1.32. The first-order chi connectivity index (χ1) is 21.5. The Hall–Kier alpha value is -4.08. The van der Waals surface area contributed by atoms with Gasteiger partial charge in [0, 0.05) is 61.8 Å². The number of aromatic nitrogens is 2. The van der Waals surface area contributed by atoms with Gasteiger partial charge in [-0.3, -0.25) is 4.79 Å². The molecule has 3 atom stereocenters. The summed E-state index contributed by atoms with van der Waals surface area (Å²) in [5.74, 6) is -1.76. The number of hydrogen-bond acceptors (Lipinski definition) is 7. The molecule has 236 valence electrons. The van der Waals surface area contributed by atoms with E-state index in [-0.39, 0.29) is 49.9 Å². The van der Waals surface area contributed by atoms with Gasteiger partial charge in [-0.25, -0.2) is 19.7 Å². The number of carbonyl (C=O) groups is 1. The number of carbonyl (C=O) groups excluding carboxylic acids is 1. The zero-order valence-electron chi connectivity index (χ0n) is 24.8. The van der Waals surface area contributed by atoms with Gasteiger partial charge in [-0.15, -0.1) is 0 Å². The second kappa shape index (κ2) is 12.4. The van der Waals surface area contributed by atoms with Gasteiger partial charge in [-0.2, -0.15) is 9.97 Å². The third kappa shape index (κ3) is 6.24. The van der Waals surface area contributed by atoms with E-state index >= 15 is 0 Å². The molecule has 4 heterocycles. The predicted octanol–water partition coefficient (Wildman–Crippen LogP) is 4.87. The van der Waals surface area contributed by atoms with Gasteiger partial charge in [0.15, 0.2) is 5.83 Å². The van der Waals surface area contributed by atoms with Gasteiger partial charge in [0.05, 0.1) is 17.3 Å². The van der Waals surface area contributed by atoms with Crippen molar-refractivity contribution in [2.45, 2.75) is 44.1 Å². The molecule has 1 N–H and O–H groups in total. The molecule has 3 aliphatic heterocycles. The summed E-state index contributed by atoms with van der Waals surface area (Å²) in [4.78, 5) is 31.0. The lowest BCUT2D eigenvalue weighted by atomic mass is 10.0. The molecule has 2 saturated heterocycles. The molecule has 0 spiro atoms. The maximum absolute atomic E-state index is 14.5. The quantitative estimate of drug-likeness (QED) is 0.292. The first kappa shape index (κ1) is 30.9. The van der Waals surface area contributed by atoms with Crippen LogP contribution in [0.4, 0.5) is 24.7 Å². The summed E-state index contributed by atoms with van der Waals surface area (Å²) >= 11 is 6.45. The van der Waals surface area contributed by atoms with Crippen molar-refractivity contribution in [1.82, 2.24) is 20.2 Å². The van der Waals surface area contributed by atoms with Crippen molar-refractivity contribution >= 4 is 39.8 Å². The smallest absolute Gasteiger partial charge is 0.318 e. The molecular formula is C32H33ClF3N7O2. The van der Waals surface area contributed by atoms with Gasteiger partial charge in [0.1, 0.15) is 30.0 Å². The fraction of sp³-hybridized carbons (Fsp3) is 0.438. The Bertz CT molecular complexity index is 1700. The van der Waals surface area contributed by atoms with Crippen LogP contribution in [0.1, 0.15) is 24.6 Å². The van der Waals surface area contributed by atoms with Crippen LogP contribution < -0.4 is 19.9 Å². The molecular weight excluding hydrogens is 607 g/mol. The molecule has 0 saturated carbocycles. The Morgan fingerprint density at radius 3 is 2.80 bits per heavy atom. The SMILES string of the molecule is [C-]#[N+]C[C@H]1CN(c2nc(OC[C@@H]3CC(C)(F)CN3)nc3c2CCN(c2cccc4ccc(F)c(Cl)c24)C3)CCN1C(=O)C(=C)F. The van der Waals surface area contributed by atoms with E-state index in [1.165, 1.54) is 11.0 Å². The number of nitrogens with zero attached hydrogens (tertiary/aromatic N) is 6. The highest BCUT2D eigenvalue weighted by Gasteiger charge is 2.37. The standard InChI is InChI=1S/C32H33ClF3N7O2/c1-19(34)30(44)43-12-11-42(15-22(43)14-37-3)29-23-9-10-41(26-6-4-5-20-7-8-24(35)28(33)27(20)26)16-25(23)39-31(40-29)45-17-21-13-32(2,36)18-38-21/h4-8,21-22,38H,1,9-18H2,2H3/t21-,22-,32?/m0/s1. The van der Waals surface area contributed by atoms with E-state index in [1.54, 1.807) is 13.0 Å². The van der Waals surface area contributed by atoms with Crippen LogP contribution in [0.15, 0.2) is 42.7 Å². The van der Waals surface area contributed by atoms with Crippen molar-refractivity contribution in [2.75, 3.05) is 55.7 Å².